The van der Waals surface area contributed by atoms with Gasteiger partial charge in [0.1, 0.15) is 5.82 Å². The summed E-state index contributed by atoms with van der Waals surface area (Å²) in [6, 6.07) is 11.7. The smallest absolute Gasteiger partial charge is 0.305 e. The molecule has 122 valence electrons. The molecule has 2 aromatic carbocycles. The molecule has 6 nitrogen and oxygen atoms in total. The van der Waals surface area contributed by atoms with Gasteiger partial charge in [-0.1, -0.05) is 29.8 Å². The second-order valence-corrected chi connectivity index (χ2v) is 5.79. The van der Waals surface area contributed by atoms with Gasteiger partial charge in [0, 0.05) is 24.2 Å². The van der Waals surface area contributed by atoms with Gasteiger partial charge in [-0.15, -0.1) is 0 Å². The summed E-state index contributed by atoms with van der Waals surface area (Å²) in [6.07, 6.45) is 0.0266. The van der Waals surface area contributed by atoms with Gasteiger partial charge < -0.3 is 19.1 Å². The number of carbonyl (C=O) groups is 1. The number of rotatable bonds is 4. The average molecular weight is 324 g/mol. The van der Waals surface area contributed by atoms with Crippen molar-refractivity contribution in [3.05, 3.63) is 42.0 Å². The van der Waals surface area contributed by atoms with Crippen LogP contribution in [0.2, 0.25) is 0 Å². The van der Waals surface area contributed by atoms with Gasteiger partial charge in [-0.2, -0.15) is 0 Å². The van der Waals surface area contributed by atoms with Crippen LogP contribution in [0, 0.1) is 6.92 Å². The molecule has 6 heteroatoms. The minimum atomic E-state index is -0.840. The molecule has 1 aliphatic rings. The van der Waals surface area contributed by atoms with Gasteiger partial charge in [0.05, 0.1) is 17.5 Å². The molecular formula is C18H16N2O4. The van der Waals surface area contributed by atoms with Crippen LogP contribution in [0.25, 0.3) is 22.4 Å². The Morgan fingerprint density at radius 1 is 1.21 bits per heavy atom. The van der Waals surface area contributed by atoms with Crippen LogP contribution in [0.5, 0.6) is 11.5 Å². The van der Waals surface area contributed by atoms with E-state index in [9.17, 15) is 4.79 Å². The highest BCUT2D eigenvalue weighted by atomic mass is 16.7. The van der Waals surface area contributed by atoms with E-state index in [0.29, 0.717) is 18.0 Å². The Labute approximate surface area is 138 Å². The van der Waals surface area contributed by atoms with Crippen LogP contribution in [0.1, 0.15) is 12.0 Å². The van der Waals surface area contributed by atoms with Crippen molar-refractivity contribution >= 4 is 17.0 Å². The lowest BCUT2D eigenvalue weighted by molar-refractivity contribution is -0.137. The number of hydrogen-bond donors (Lipinski definition) is 1. The molecule has 3 aromatic rings. The summed E-state index contributed by atoms with van der Waals surface area (Å²) < 4.78 is 12.8. The number of aliphatic carboxylic acids is 1. The molecule has 4 rings (SSSR count). The number of benzene rings is 2. The molecule has 0 atom stereocenters. The third-order valence-corrected chi connectivity index (χ3v) is 4.10. The molecule has 0 spiro atoms. The number of ether oxygens (including phenoxy) is 2. The van der Waals surface area contributed by atoms with Crippen LogP contribution in [0.15, 0.2) is 36.4 Å². The summed E-state index contributed by atoms with van der Waals surface area (Å²) in [4.78, 5) is 15.7. The number of aromatic nitrogens is 2. The minimum Gasteiger partial charge on any atom is -0.481 e. The van der Waals surface area contributed by atoms with E-state index in [1.165, 1.54) is 0 Å². The number of fused-ring (bicyclic) bond motifs is 2. The number of nitrogens with zero attached hydrogens (tertiary/aromatic N) is 2. The molecule has 1 N–H and O–H groups in total. The molecule has 0 unspecified atom stereocenters. The zero-order valence-corrected chi connectivity index (χ0v) is 13.2. The summed E-state index contributed by atoms with van der Waals surface area (Å²) >= 11 is 0. The largest absolute Gasteiger partial charge is 0.481 e. The number of carboxylic acids is 1. The molecule has 1 aliphatic heterocycles. The van der Waals surface area contributed by atoms with E-state index in [1.54, 1.807) is 0 Å². The first-order chi connectivity index (χ1) is 11.6. The molecule has 0 aliphatic carbocycles. The maximum atomic E-state index is 11.0. The molecule has 0 saturated heterocycles. The third-order valence-electron chi connectivity index (χ3n) is 4.10. The molecule has 2 heterocycles. The predicted octanol–water partition coefficient (Wildman–Crippen LogP) is 3.22. The summed E-state index contributed by atoms with van der Waals surface area (Å²) in [7, 11) is 0. The van der Waals surface area contributed by atoms with Crippen molar-refractivity contribution in [1.82, 2.24) is 9.55 Å². The standard InChI is InChI=1S/C18H16N2O4/c1-11-2-4-12(5-3-11)18-19-13-8-15-16(24-10-23-15)9-14(13)20(18)7-6-17(21)22/h2-5,8-9H,6-7,10H2,1H3,(H,21,22). The molecule has 1 aromatic heterocycles. The topological polar surface area (TPSA) is 73.6 Å². The maximum absolute atomic E-state index is 11.0. The summed E-state index contributed by atoms with van der Waals surface area (Å²) in [5, 5.41) is 9.06. The number of aryl methyl sites for hydroxylation is 2. The normalized spacial score (nSPS) is 12.7. The Kier molecular flexibility index (Phi) is 3.37. The van der Waals surface area contributed by atoms with E-state index >= 15 is 0 Å². The average Bonchev–Trinajstić information content (AvgIpc) is 3.15. The van der Waals surface area contributed by atoms with Crippen LogP contribution in [-0.4, -0.2) is 27.4 Å². The van der Waals surface area contributed by atoms with Crippen molar-refractivity contribution in [2.45, 2.75) is 19.9 Å². The fourth-order valence-corrected chi connectivity index (χ4v) is 2.87. The molecule has 0 bridgehead atoms. The Hall–Kier alpha value is -3.02. The van der Waals surface area contributed by atoms with Crippen LogP contribution < -0.4 is 9.47 Å². The predicted molar refractivity (Wildman–Crippen MR) is 88.3 cm³/mol. The SMILES string of the molecule is Cc1ccc(-c2nc3cc4c(cc3n2CCC(=O)O)OCO4)cc1. The summed E-state index contributed by atoms with van der Waals surface area (Å²) in [5.41, 5.74) is 3.72. The monoisotopic (exact) mass is 324 g/mol. The lowest BCUT2D eigenvalue weighted by Crippen LogP contribution is -2.06. The first-order valence-corrected chi connectivity index (χ1v) is 7.70. The highest BCUT2D eigenvalue weighted by Crippen LogP contribution is 2.37. The molecule has 0 saturated carbocycles. The van der Waals surface area contributed by atoms with Gasteiger partial charge in [-0.3, -0.25) is 4.79 Å². The highest BCUT2D eigenvalue weighted by Gasteiger charge is 2.20. The quantitative estimate of drug-likeness (QED) is 0.797. The Bertz CT molecular complexity index is 928. The molecule has 24 heavy (non-hydrogen) atoms. The van der Waals surface area contributed by atoms with Crippen molar-refractivity contribution in [2.24, 2.45) is 0 Å². The highest BCUT2D eigenvalue weighted by molar-refractivity contribution is 5.84. The van der Waals surface area contributed by atoms with Gasteiger partial charge in [0.15, 0.2) is 11.5 Å². The third kappa shape index (κ3) is 2.46. The van der Waals surface area contributed by atoms with Crippen LogP contribution >= 0.6 is 0 Å². The maximum Gasteiger partial charge on any atom is 0.305 e. The van der Waals surface area contributed by atoms with Crippen molar-refractivity contribution in [1.29, 1.82) is 0 Å². The number of carboxylic acid groups (broad SMARTS) is 1. The van der Waals surface area contributed by atoms with Crippen molar-refractivity contribution in [3.63, 3.8) is 0 Å². The molecule has 0 amide bonds. The summed E-state index contributed by atoms with van der Waals surface area (Å²) in [6.45, 7) is 2.56. The summed E-state index contributed by atoms with van der Waals surface area (Å²) in [5.74, 6) is 1.23. The first-order valence-electron chi connectivity index (χ1n) is 7.70. The van der Waals surface area contributed by atoms with E-state index < -0.39 is 5.97 Å². The first kappa shape index (κ1) is 14.6. The fraction of sp³-hybridized carbons (Fsp3) is 0.222. The van der Waals surface area contributed by atoms with Crippen LogP contribution in [0.3, 0.4) is 0 Å². The zero-order valence-electron chi connectivity index (χ0n) is 13.2. The Morgan fingerprint density at radius 3 is 2.62 bits per heavy atom. The molecule has 0 radical (unpaired) electrons. The number of hydrogen-bond acceptors (Lipinski definition) is 4. The number of imidazole rings is 1. The van der Waals surface area contributed by atoms with E-state index in [2.05, 4.69) is 0 Å². The van der Waals surface area contributed by atoms with Crippen molar-refractivity contribution in [2.75, 3.05) is 6.79 Å². The lowest BCUT2D eigenvalue weighted by Gasteiger charge is -2.08. The minimum absolute atomic E-state index is 0.0266. The van der Waals surface area contributed by atoms with E-state index in [0.717, 1.165) is 28.0 Å². The Balaban J connectivity index is 1.89. The fourth-order valence-electron chi connectivity index (χ4n) is 2.87. The van der Waals surface area contributed by atoms with E-state index in [4.69, 9.17) is 19.6 Å². The Morgan fingerprint density at radius 2 is 1.92 bits per heavy atom. The zero-order chi connectivity index (χ0) is 16.7. The lowest BCUT2D eigenvalue weighted by atomic mass is 10.1. The van der Waals surface area contributed by atoms with Gasteiger partial charge in [-0.05, 0) is 6.92 Å². The van der Waals surface area contributed by atoms with Gasteiger partial charge in [0.2, 0.25) is 6.79 Å². The van der Waals surface area contributed by atoms with Crippen molar-refractivity contribution in [3.8, 4) is 22.9 Å². The van der Waals surface area contributed by atoms with Gasteiger partial charge in [0.25, 0.3) is 0 Å². The van der Waals surface area contributed by atoms with Crippen LogP contribution in [-0.2, 0) is 11.3 Å². The van der Waals surface area contributed by atoms with E-state index in [-0.39, 0.29) is 13.2 Å². The van der Waals surface area contributed by atoms with Crippen molar-refractivity contribution < 1.29 is 19.4 Å². The van der Waals surface area contributed by atoms with Gasteiger partial charge >= 0.3 is 5.97 Å². The van der Waals surface area contributed by atoms with Crippen LogP contribution in [0.4, 0.5) is 0 Å². The van der Waals surface area contributed by atoms with E-state index in [1.807, 2.05) is 47.9 Å². The second-order valence-electron chi connectivity index (χ2n) is 5.79. The van der Waals surface area contributed by atoms with Gasteiger partial charge in [-0.25, -0.2) is 4.98 Å². The molecule has 0 fully saturated rings. The second kappa shape index (κ2) is 5.56. The molecular weight excluding hydrogens is 308 g/mol.